The van der Waals surface area contributed by atoms with E-state index in [1.807, 2.05) is 35.2 Å². The van der Waals surface area contributed by atoms with Crippen LogP contribution in [0.3, 0.4) is 0 Å². The zero-order chi connectivity index (χ0) is 18.5. The van der Waals surface area contributed by atoms with Crippen molar-refractivity contribution in [1.29, 1.82) is 5.26 Å². The molecule has 1 saturated heterocycles. The van der Waals surface area contributed by atoms with E-state index in [0.29, 0.717) is 31.9 Å². The Morgan fingerprint density at radius 1 is 1.12 bits per heavy atom. The molecule has 1 fully saturated rings. The molecule has 0 atom stereocenters. The lowest BCUT2D eigenvalue weighted by Crippen LogP contribution is -2.49. The predicted molar refractivity (Wildman–Crippen MR) is 103 cm³/mol. The quantitative estimate of drug-likeness (QED) is 0.567. The number of halogens is 2. The summed E-state index contributed by atoms with van der Waals surface area (Å²) in [6.07, 6.45) is 1.59. The van der Waals surface area contributed by atoms with Crippen molar-refractivity contribution < 1.29 is 9.18 Å². The molecule has 0 spiro atoms. The molecule has 0 radical (unpaired) electrons. The van der Waals surface area contributed by atoms with Crippen molar-refractivity contribution in [2.75, 3.05) is 31.1 Å². The molecular formula is C20H17BrFN3O. The molecule has 0 unspecified atom stereocenters. The summed E-state index contributed by atoms with van der Waals surface area (Å²) in [5, 5.41) is 9.39. The number of anilines is 1. The smallest absolute Gasteiger partial charge is 0.264 e. The molecule has 26 heavy (non-hydrogen) atoms. The first-order valence-corrected chi connectivity index (χ1v) is 9.04. The maximum absolute atomic E-state index is 13.9. The van der Waals surface area contributed by atoms with Gasteiger partial charge in [0.15, 0.2) is 0 Å². The summed E-state index contributed by atoms with van der Waals surface area (Å²) in [5.74, 6) is -0.555. The zero-order valence-electron chi connectivity index (χ0n) is 14.0. The maximum Gasteiger partial charge on any atom is 0.264 e. The summed E-state index contributed by atoms with van der Waals surface area (Å²) >= 11 is 3.38. The van der Waals surface area contributed by atoms with Crippen molar-refractivity contribution in [2.24, 2.45) is 0 Å². The van der Waals surface area contributed by atoms with Gasteiger partial charge in [-0.05, 0) is 35.9 Å². The minimum atomic E-state index is -0.291. The fourth-order valence-corrected chi connectivity index (χ4v) is 3.35. The third kappa shape index (κ3) is 4.12. The number of amides is 1. The van der Waals surface area contributed by atoms with Crippen LogP contribution in [-0.2, 0) is 4.79 Å². The zero-order valence-corrected chi connectivity index (χ0v) is 15.6. The SMILES string of the molecule is N#C/C(=C/c1cccc(Br)c1)C(=O)N1CCN(c2ccccc2F)CC1. The van der Waals surface area contributed by atoms with E-state index in [4.69, 9.17) is 0 Å². The number of piperazine rings is 1. The average Bonchev–Trinajstić information content (AvgIpc) is 2.66. The van der Waals surface area contributed by atoms with E-state index in [0.717, 1.165) is 10.0 Å². The van der Waals surface area contributed by atoms with Crippen LogP contribution in [0.4, 0.5) is 10.1 Å². The molecule has 0 aromatic heterocycles. The van der Waals surface area contributed by atoms with E-state index in [1.54, 1.807) is 29.2 Å². The summed E-state index contributed by atoms with van der Waals surface area (Å²) in [7, 11) is 0. The monoisotopic (exact) mass is 413 g/mol. The fourth-order valence-electron chi connectivity index (χ4n) is 2.93. The molecule has 0 bridgehead atoms. The van der Waals surface area contributed by atoms with E-state index < -0.39 is 0 Å². The Balaban J connectivity index is 1.69. The van der Waals surface area contributed by atoms with Crippen LogP contribution in [0.1, 0.15) is 5.56 Å². The van der Waals surface area contributed by atoms with Gasteiger partial charge in [-0.1, -0.05) is 40.2 Å². The number of carbonyl (C=O) groups excluding carboxylic acids is 1. The van der Waals surface area contributed by atoms with Gasteiger partial charge in [0, 0.05) is 30.7 Å². The summed E-state index contributed by atoms with van der Waals surface area (Å²) in [6.45, 7) is 1.96. The third-order valence-electron chi connectivity index (χ3n) is 4.27. The largest absolute Gasteiger partial charge is 0.366 e. The summed E-state index contributed by atoms with van der Waals surface area (Å²) in [4.78, 5) is 16.2. The molecule has 132 valence electrons. The van der Waals surface area contributed by atoms with Crippen LogP contribution in [0.5, 0.6) is 0 Å². The lowest BCUT2D eigenvalue weighted by molar-refractivity contribution is -0.126. The first-order valence-electron chi connectivity index (χ1n) is 8.24. The van der Waals surface area contributed by atoms with Gasteiger partial charge in [0.05, 0.1) is 5.69 Å². The molecule has 2 aromatic rings. The first-order chi connectivity index (χ1) is 12.6. The lowest BCUT2D eigenvalue weighted by Gasteiger charge is -2.36. The first kappa shape index (κ1) is 18.2. The van der Waals surface area contributed by atoms with Gasteiger partial charge in [-0.25, -0.2) is 4.39 Å². The molecule has 6 heteroatoms. The van der Waals surface area contributed by atoms with Crippen LogP contribution >= 0.6 is 15.9 Å². The van der Waals surface area contributed by atoms with Crippen LogP contribution in [0.2, 0.25) is 0 Å². The van der Waals surface area contributed by atoms with E-state index in [2.05, 4.69) is 15.9 Å². The van der Waals surface area contributed by atoms with Crippen molar-refractivity contribution in [3.05, 3.63) is 70.0 Å². The molecule has 1 aliphatic heterocycles. The van der Waals surface area contributed by atoms with Crippen LogP contribution < -0.4 is 4.90 Å². The topological polar surface area (TPSA) is 47.3 Å². The molecule has 2 aromatic carbocycles. The normalized spacial score (nSPS) is 14.9. The highest BCUT2D eigenvalue weighted by Crippen LogP contribution is 2.21. The Morgan fingerprint density at radius 2 is 1.85 bits per heavy atom. The molecule has 1 aliphatic rings. The molecule has 0 saturated carbocycles. The number of benzene rings is 2. The number of para-hydroxylation sites is 1. The van der Waals surface area contributed by atoms with Gasteiger partial charge >= 0.3 is 0 Å². The minimum absolute atomic E-state index is 0.0995. The molecule has 1 heterocycles. The Bertz CT molecular complexity index is 883. The van der Waals surface area contributed by atoms with E-state index >= 15 is 0 Å². The van der Waals surface area contributed by atoms with E-state index in [9.17, 15) is 14.4 Å². The number of hydrogen-bond acceptors (Lipinski definition) is 3. The second-order valence-corrected chi connectivity index (χ2v) is 6.87. The maximum atomic E-state index is 13.9. The summed E-state index contributed by atoms with van der Waals surface area (Å²) in [6, 6.07) is 16.0. The second-order valence-electron chi connectivity index (χ2n) is 5.96. The summed E-state index contributed by atoms with van der Waals surface area (Å²) < 4.78 is 14.8. The van der Waals surface area contributed by atoms with Gasteiger partial charge < -0.3 is 9.80 Å². The van der Waals surface area contributed by atoms with Crippen molar-refractivity contribution in [3.8, 4) is 6.07 Å². The summed E-state index contributed by atoms with van der Waals surface area (Å²) in [5.41, 5.74) is 1.43. The van der Waals surface area contributed by atoms with Gasteiger partial charge in [-0.2, -0.15) is 5.26 Å². The third-order valence-corrected chi connectivity index (χ3v) is 4.76. The van der Waals surface area contributed by atoms with Crippen LogP contribution in [0.15, 0.2) is 58.6 Å². The number of rotatable bonds is 3. The van der Waals surface area contributed by atoms with Gasteiger partial charge in [0.1, 0.15) is 17.5 Å². The predicted octanol–water partition coefficient (Wildman–Crippen LogP) is 3.84. The van der Waals surface area contributed by atoms with Crippen molar-refractivity contribution in [2.45, 2.75) is 0 Å². The van der Waals surface area contributed by atoms with Gasteiger partial charge in [-0.15, -0.1) is 0 Å². The van der Waals surface area contributed by atoms with Crippen LogP contribution in [-0.4, -0.2) is 37.0 Å². The van der Waals surface area contributed by atoms with Crippen LogP contribution in [0.25, 0.3) is 6.08 Å². The Labute approximate surface area is 160 Å². The van der Waals surface area contributed by atoms with Gasteiger partial charge in [-0.3, -0.25) is 4.79 Å². The molecule has 3 rings (SSSR count). The van der Waals surface area contributed by atoms with E-state index in [-0.39, 0.29) is 17.3 Å². The Kier molecular flexibility index (Phi) is 5.69. The molecule has 0 N–H and O–H groups in total. The Morgan fingerprint density at radius 3 is 2.50 bits per heavy atom. The van der Waals surface area contributed by atoms with Crippen molar-refractivity contribution >= 4 is 33.6 Å². The number of carbonyl (C=O) groups is 1. The van der Waals surface area contributed by atoms with Gasteiger partial charge in [0.25, 0.3) is 5.91 Å². The number of nitrogens with zero attached hydrogens (tertiary/aromatic N) is 3. The lowest BCUT2D eigenvalue weighted by atomic mass is 10.1. The van der Waals surface area contributed by atoms with Gasteiger partial charge in [0.2, 0.25) is 0 Å². The highest BCUT2D eigenvalue weighted by Gasteiger charge is 2.24. The average molecular weight is 414 g/mol. The molecule has 4 nitrogen and oxygen atoms in total. The Hall–Kier alpha value is -2.65. The van der Waals surface area contributed by atoms with E-state index in [1.165, 1.54) is 6.07 Å². The molecular weight excluding hydrogens is 397 g/mol. The minimum Gasteiger partial charge on any atom is -0.366 e. The highest BCUT2D eigenvalue weighted by atomic mass is 79.9. The number of hydrogen-bond donors (Lipinski definition) is 0. The number of nitriles is 1. The van der Waals surface area contributed by atoms with Crippen molar-refractivity contribution in [3.63, 3.8) is 0 Å². The van der Waals surface area contributed by atoms with Crippen LogP contribution in [0, 0.1) is 17.1 Å². The highest BCUT2D eigenvalue weighted by molar-refractivity contribution is 9.10. The standard InChI is InChI=1S/C20H17BrFN3O/c21-17-5-3-4-15(13-17)12-16(14-23)20(26)25-10-8-24(9-11-25)19-7-2-1-6-18(19)22/h1-7,12-13H,8-11H2/b16-12-. The molecule has 0 aliphatic carbocycles. The fraction of sp³-hybridized carbons (Fsp3) is 0.200. The van der Waals surface area contributed by atoms with Crippen molar-refractivity contribution in [1.82, 2.24) is 4.90 Å². The second kappa shape index (κ2) is 8.15. The molecule has 1 amide bonds.